The van der Waals surface area contributed by atoms with Gasteiger partial charge in [-0.15, -0.1) is 0 Å². The summed E-state index contributed by atoms with van der Waals surface area (Å²) in [5.41, 5.74) is 0.929. The van der Waals surface area contributed by atoms with Gasteiger partial charge in [-0.3, -0.25) is 4.72 Å². The average molecular weight is 332 g/mol. The Morgan fingerprint density at radius 2 is 1.75 bits per heavy atom. The summed E-state index contributed by atoms with van der Waals surface area (Å²) in [4.78, 5) is 0.101. The van der Waals surface area contributed by atoms with Crippen molar-refractivity contribution in [1.29, 1.82) is 0 Å². The van der Waals surface area contributed by atoms with E-state index in [1.165, 1.54) is 36.4 Å². The van der Waals surface area contributed by atoms with Crippen molar-refractivity contribution in [2.24, 2.45) is 0 Å². The first-order valence-corrected chi connectivity index (χ1v) is 7.81. The van der Waals surface area contributed by atoms with Gasteiger partial charge in [0.05, 0.1) is 15.6 Å². The lowest BCUT2D eigenvalue weighted by atomic mass is 10.2. The zero-order valence-electron chi connectivity index (χ0n) is 10.4. The van der Waals surface area contributed by atoms with Gasteiger partial charge >= 0.3 is 0 Å². The summed E-state index contributed by atoms with van der Waals surface area (Å²) in [6.07, 6.45) is 0. The van der Waals surface area contributed by atoms with Gasteiger partial charge in [-0.2, -0.15) is 0 Å². The molecular weight excluding hydrogens is 321 g/mol. The molecule has 0 saturated carbocycles. The van der Waals surface area contributed by atoms with E-state index in [4.69, 9.17) is 23.2 Å². The fourth-order valence-electron chi connectivity index (χ4n) is 1.57. The van der Waals surface area contributed by atoms with Crippen LogP contribution in [0.15, 0.2) is 41.3 Å². The number of phenols is 1. The summed E-state index contributed by atoms with van der Waals surface area (Å²) in [6, 6.07) is 8.48. The molecule has 2 rings (SSSR count). The number of aromatic hydroxyl groups is 1. The number of aryl methyl sites for hydroxylation is 1. The van der Waals surface area contributed by atoms with Crippen LogP contribution in [0, 0.1) is 6.92 Å². The largest absolute Gasteiger partial charge is 0.506 e. The van der Waals surface area contributed by atoms with Gasteiger partial charge in [-0.1, -0.05) is 23.2 Å². The second-order valence-electron chi connectivity index (χ2n) is 4.18. The topological polar surface area (TPSA) is 66.4 Å². The third-order valence-electron chi connectivity index (χ3n) is 2.64. The molecule has 0 spiro atoms. The van der Waals surface area contributed by atoms with Crippen molar-refractivity contribution in [3.05, 3.63) is 52.0 Å². The van der Waals surface area contributed by atoms with Crippen LogP contribution in [-0.4, -0.2) is 13.5 Å². The highest BCUT2D eigenvalue weighted by atomic mass is 35.5. The smallest absolute Gasteiger partial charge is 0.261 e. The quantitative estimate of drug-likeness (QED) is 0.840. The summed E-state index contributed by atoms with van der Waals surface area (Å²) in [5.74, 6) is -0.114. The minimum absolute atomic E-state index is 0.0671. The van der Waals surface area contributed by atoms with Gasteiger partial charge in [0, 0.05) is 5.02 Å². The Balaban J connectivity index is 2.35. The van der Waals surface area contributed by atoms with E-state index in [0.717, 1.165) is 0 Å². The maximum atomic E-state index is 12.2. The van der Waals surface area contributed by atoms with Crippen LogP contribution in [0.4, 0.5) is 5.69 Å². The van der Waals surface area contributed by atoms with Crippen molar-refractivity contribution in [2.45, 2.75) is 11.8 Å². The molecule has 2 N–H and O–H groups in total. The monoisotopic (exact) mass is 331 g/mol. The number of sulfonamides is 1. The van der Waals surface area contributed by atoms with E-state index in [1.54, 1.807) is 6.92 Å². The van der Waals surface area contributed by atoms with Gasteiger partial charge in [0.25, 0.3) is 10.0 Å². The molecule has 0 atom stereocenters. The number of halogens is 2. The summed E-state index contributed by atoms with van der Waals surface area (Å²) < 4.78 is 26.8. The van der Waals surface area contributed by atoms with Crippen LogP contribution in [0.1, 0.15) is 5.56 Å². The van der Waals surface area contributed by atoms with Gasteiger partial charge in [0.2, 0.25) is 0 Å². The number of hydrogen-bond donors (Lipinski definition) is 2. The average Bonchev–Trinajstić information content (AvgIpc) is 2.37. The number of rotatable bonds is 3. The third kappa shape index (κ3) is 3.17. The maximum absolute atomic E-state index is 12.2. The second kappa shape index (κ2) is 5.52. The van der Waals surface area contributed by atoms with Gasteiger partial charge < -0.3 is 5.11 Å². The molecule has 0 aliphatic heterocycles. The lowest BCUT2D eigenvalue weighted by molar-refractivity contribution is 0.475. The van der Waals surface area contributed by atoms with Gasteiger partial charge in [-0.05, 0) is 48.9 Å². The molecule has 0 aliphatic rings. The maximum Gasteiger partial charge on any atom is 0.261 e. The van der Waals surface area contributed by atoms with Gasteiger partial charge in [-0.25, -0.2) is 8.42 Å². The Morgan fingerprint density at radius 3 is 2.35 bits per heavy atom. The number of benzene rings is 2. The molecule has 2 aromatic rings. The second-order valence-corrected chi connectivity index (χ2v) is 6.68. The van der Waals surface area contributed by atoms with Gasteiger partial charge in [0.1, 0.15) is 5.75 Å². The molecule has 7 heteroatoms. The number of hydrogen-bond acceptors (Lipinski definition) is 3. The van der Waals surface area contributed by atoms with Crippen LogP contribution in [0.2, 0.25) is 10.0 Å². The van der Waals surface area contributed by atoms with E-state index < -0.39 is 10.0 Å². The Kier molecular flexibility index (Phi) is 4.13. The molecule has 0 unspecified atom stereocenters. The highest BCUT2D eigenvalue weighted by molar-refractivity contribution is 7.92. The van der Waals surface area contributed by atoms with E-state index in [2.05, 4.69) is 4.72 Å². The minimum Gasteiger partial charge on any atom is -0.506 e. The lowest BCUT2D eigenvalue weighted by Crippen LogP contribution is -2.13. The zero-order chi connectivity index (χ0) is 14.9. The molecule has 0 fully saturated rings. The van der Waals surface area contributed by atoms with E-state index in [0.29, 0.717) is 10.6 Å². The van der Waals surface area contributed by atoms with Crippen LogP contribution < -0.4 is 4.72 Å². The van der Waals surface area contributed by atoms with Crippen molar-refractivity contribution in [2.75, 3.05) is 4.72 Å². The fraction of sp³-hybridized carbons (Fsp3) is 0.0769. The van der Waals surface area contributed by atoms with E-state index in [1.807, 2.05) is 0 Å². The zero-order valence-corrected chi connectivity index (χ0v) is 12.7. The molecule has 106 valence electrons. The fourth-order valence-corrected chi connectivity index (χ4v) is 3.00. The Morgan fingerprint density at radius 1 is 1.05 bits per heavy atom. The first-order chi connectivity index (χ1) is 9.29. The molecule has 0 heterocycles. The minimum atomic E-state index is -3.73. The molecule has 0 bridgehead atoms. The first kappa shape index (κ1) is 15.0. The van der Waals surface area contributed by atoms with E-state index >= 15 is 0 Å². The number of phenolic OH excluding ortho intramolecular Hbond substituents is 1. The first-order valence-electron chi connectivity index (χ1n) is 5.57. The SMILES string of the molecule is Cc1cc(S(=O)(=O)Nc2ccc(O)c(Cl)c2)ccc1Cl. The standard InChI is InChI=1S/C13H11Cl2NO3S/c1-8-6-10(3-4-11(8)14)20(18,19)16-9-2-5-13(17)12(15)7-9/h2-7,16-17H,1H3. The lowest BCUT2D eigenvalue weighted by Gasteiger charge is -2.10. The predicted octanol–water partition coefficient (Wildman–Crippen LogP) is 3.81. The summed E-state index contributed by atoms with van der Waals surface area (Å²) in [6.45, 7) is 1.72. The summed E-state index contributed by atoms with van der Waals surface area (Å²) in [7, 11) is -3.73. The molecule has 0 saturated heterocycles. The van der Waals surface area contributed by atoms with Crippen molar-refractivity contribution < 1.29 is 13.5 Å². The van der Waals surface area contributed by atoms with Gasteiger partial charge in [0.15, 0.2) is 0 Å². The molecule has 20 heavy (non-hydrogen) atoms. The van der Waals surface area contributed by atoms with Crippen molar-refractivity contribution >= 4 is 38.9 Å². The highest BCUT2D eigenvalue weighted by Gasteiger charge is 2.15. The molecule has 2 aromatic carbocycles. The number of anilines is 1. The van der Waals surface area contributed by atoms with Crippen molar-refractivity contribution in [1.82, 2.24) is 0 Å². The number of nitrogens with one attached hydrogen (secondary N) is 1. The molecule has 0 radical (unpaired) electrons. The van der Waals surface area contributed by atoms with Crippen molar-refractivity contribution in [3.63, 3.8) is 0 Å². The Hall–Kier alpha value is -1.43. The third-order valence-corrected chi connectivity index (χ3v) is 4.75. The molecular formula is C13H11Cl2NO3S. The molecule has 4 nitrogen and oxygen atoms in total. The van der Waals surface area contributed by atoms with Crippen LogP contribution in [0.5, 0.6) is 5.75 Å². The molecule has 0 aliphatic carbocycles. The van der Waals surface area contributed by atoms with Crippen molar-refractivity contribution in [3.8, 4) is 5.75 Å². The highest BCUT2D eigenvalue weighted by Crippen LogP contribution is 2.28. The van der Waals surface area contributed by atoms with E-state index in [9.17, 15) is 13.5 Å². The predicted molar refractivity (Wildman–Crippen MR) is 80.1 cm³/mol. The Labute approximate surface area is 127 Å². The van der Waals surface area contributed by atoms with E-state index in [-0.39, 0.29) is 21.4 Å². The Bertz CT molecular complexity index is 760. The molecule has 0 aromatic heterocycles. The summed E-state index contributed by atoms with van der Waals surface area (Å²) in [5, 5.41) is 9.87. The van der Waals surface area contributed by atoms with Crippen LogP contribution in [0.3, 0.4) is 0 Å². The van der Waals surface area contributed by atoms with Crippen LogP contribution in [-0.2, 0) is 10.0 Å². The summed E-state index contributed by atoms with van der Waals surface area (Å²) >= 11 is 11.6. The van der Waals surface area contributed by atoms with Crippen LogP contribution in [0.25, 0.3) is 0 Å². The molecule has 0 amide bonds. The normalized spacial score (nSPS) is 11.3. The van der Waals surface area contributed by atoms with Crippen LogP contribution >= 0.6 is 23.2 Å².